The van der Waals surface area contributed by atoms with Gasteiger partial charge in [0, 0.05) is 26.2 Å². The van der Waals surface area contributed by atoms with E-state index in [1.807, 2.05) is 11.9 Å². The van der Waals surface area contributed by atoms with E-state index in [2.05, 4.69) is 4.90 Å². The number of hydrogen-bond donors (Lipinski definition) is 1. The van der Waals surface area contributed by atoms with Crippen molar-refractivity contribution in [3.63, 3.8) is 0 Å². The Kier molecular flexibility index (Phi) is 4.50. The Balaban J connectivity index is 2.06. The molecular formula is C14H19FN2O2. The van der Waals surface area contributed by atoms with Crippen molar-refractivity contribution in [2.75, 3.05) is 33.2 Å². The molecule has 1 aliphatic rings. The molecule has 5 heteroatoms. The first-order valence-electron chi connectivity index (χ1n) is 6.46. The van der Waals surface area contributed by atoms with Crippen LogP contribution in [0.2, 0.25) is 0 Å². The maximum absolute atomic E-state index is 13.1. The molecule has 1 aliphatic heterocycles. The van der Waals surface area contributed by atoms with Crippen LogP contribution in [-0.2, 0) is 11.2 Å². The molecule has 0 spiro atoms. The van der Waals surface area contributed by atoms with Crippen LogP contribution < -0.4 is 0 Å². The van der Waals surface area contributed by atoms with Crippen LogP contribution in [0.15, 0.2) is 24.3 Å². The van der Waals surface area contributed by atoms with Crippen molar-refractivity contribution in [1.82, 2.24) is 9.80 Å². The zero-order chi connectivity index (χ0) is 13.8. The Morgan fingerprint density at radius 3 is 2.63 bits per heavy atom. The Morgan fingerprint density at radius 2 is 2.05 bits per heavy atom. The van der Waals surface area contributed by atoms with E-state index in [0.29, 0.717) is 6.42 Å². The molecular weight excluding hydrogens is 247 g/mol. The number of piperazine rings is 1. The second-order valence-corrected chi connectivity index (χ2v) is 5.03. The zero-order valence-corrected chi connectivity index (χ0v) is 11.1. The third kappa shape index (κ3) is 3.75. The highest BCUT2D eigenvalue weighted by Gasteiger charge is 2.28. The van der Waals surface area contributed by atoms with Crippen LogP contribution in [0.3, 0.4) is 0 Å². The summed E-state index contributed by atoms with van der Waals surface area (Å²) in [5.74, 6) is -1.16. The van der Waals surface area contributed by atoms with Gasteiger partial charge in [0.15, 0.2) is 0 Å². The molecule has 1 unspecified atom stereocenters. The van der Waals surface area contributed by atoms with Gasteiger partial charge in [-0.15, -0.1) is 0 Å². The van der Waals surface area contributed by atoms with E-state index in [0.717, 1.165) is 31.7 Å². The van der Waals surface area contributed by atoms with Crippen molar-refractivity contribution in [2.45, 2.75) is 12.5 Å². The first-order chi connectivity index (χ1) is 9.06. The minimum atomic E-state index is -0.839. The fourth-order valence-electron chi connectivity index (χ4n) is 2.39. The maximum Gasteiger partial charge on any atom is 0.321 e. The van der Waals surface area contributed by atoms with Crippen molar-refractivity contribution in [1.29, 1.82) is 0 Å². The molecule has 1 saturated heterocycles. The molecule has 1 aromatic carbocycles. The summed E-state index contributed by atoms with van der Waals surface area (Å²) in [6.07, 6.45) is 0.344. The zero-order valence-electron chi connectivity index (χ0n) is 11.1. The van der Waals surface area contributed by atoms with Crippen LogP contribution in [0.4, 0.5) is 4.39 Å². The molecule has 0 radical (unpaired) electrons. The highest BCUT2D eigenvalue weighted by atomic mass is 19.1. The largest absolute Gasteiger partial charge is 0.480 e. The fourth-order valence-corrected chi connectivity index (χ4v) is 2.39. The average Bonchev–Trinajstić information content (AvgIpc) is 2.37. The second kappa shape index (κ2) is 6.12. The van der Waals surface area contributed by atoms with Gasteiger partial charge in [-0.05, 0) is 31.2 Å². The summed E-state index contributed by atoms with van der Waals surface area (Å²) < 4.78 is 13.1. The van der Waals surface area contributed by atoms with Gasteiger partial charge in [0.1, 0.15) is 11.9 Å². The normalized spacial score (nSPS) is 19.3. The molecule has 0 saturated carbocycles. The summed E-state index contributed by atoms with van der Waals surface area (Å²) >= 11 is 0. The number of likely N-dealkylation sites (N-methyl/N-ethyl adjacent to an activating group) is 1. The van der Waals surface area contributed by atoms with Gasteiger partial charge in [-0.25, -0.2) is 4.39 Å². The summed E-state index contributed by atoms with van der Waals surface area (Å²) in [5.41, 5.74) is 0.728. The van der Waals surface area contributed by atoms with Crippen molar-refractivity contribution in [3.8, 4) is 0 Å². The quantitative estimate of drug-likeness (QED) is 0.885. The fraction of sp³-hybridized carbons (Fsp3) is 0.500. The molecule has 1 aromatic rings. The van der Waals surface area contributed by atoms with Gasteiger partial charge in [0.25, 0.3) is 0 Å². The number of nitrogens with zero attached hydrogens (tertiary/aromatic N) is 2. The summed E-state index contributed by atoms with van der Waals surface area (Å²) in [6.45, 7) is 3.21. The third-order valence-electron chi connectivity index (χ3n) is 3.58. The SMILES string of the molecule is CN1CCN(C(Cc2cccc(F)c2)C(=O)O)CC1. The first-order valence-corrected chi connectivity index (χ1v) is 6.46. The molecule has 1 heterocycles. The van der Waals surface area contributed by atoms with Crippen LogP contribution >= 0.6 is 0 Å². The molecule has 0 bridgehead atoms. The smallest absolute Gasteiger partial charge is 0.321 e. The van der Waals surface area contributed by atoms with Gasteiger partial charge in [-0.1, -0.05) is 12.1 Å². The van der Waals surface area contributed by atoms with E-state index in [9.17, 15) is 14.3 Å². The molecule has 0 aromatic heterocycles. The van der Waals surface area contributed by atoms with Crippen molar-refractivity contribution in [2.24, 2.45) is 0 Å². The summed E-state index contributed by atoms with van der Waals surface area (Å²) in [7, 11) is 2.03. The van der Waals surface area contributed by atoms with Crippen LogP contribution in [0.1, 0.15) is 5.56 Å². The monoisotopic (exact) mass is 266 g/mol. The van der Waals surface area contributed by atoms with Gasteiger partial charge in [-0.3, -0.25) is 9.69 Å². The number of benzene rings is 1. The van der Waals surface area contributed by atoms with Crippen molar-refractivity contribution < 1.29 is 14.3 Å². The van der Waals surface area contributed by atoms with Gasteiger partial charge < -0.3 is 10.0 Å². The predicted octanol–water partition coefficient (Wildman–Crippen LogP) is 1.07. The van der Waals surface area contributed by atoms with Crippen molar-refractivity contribution in [3.05, 3.63) is 35.6 Å². The van der Waals surface area contributed by atoms with E-state index in [1.54, 1.807) is 12.1 Å². The van der Waals surface area contributed by atoms with Crippen LogP contribution in [-0.4, -0.2) is 60.1 Å². The lowest BCUT2D eigenvalue weighted by atomic mass is 10.0. The van der Waals surface area contributed by atoms with Gasteiger partial charge >= 0.3 is 5.97 Å². The first kappa shape index (κ1) is 14.0. The summed E-state index contributed by atoms with van der Waals surface area (Å²) in [5, 5.41) is 9.37. The molecule has 104 valence electrons. The van der Waals surface area contributed by atoms with Crippen molar-refractivity contribution >= 4 is 5.97 Å². The minimum absolute atomic E-state index is 0.319. The molecule has 4 nitrogen and oxygen atoms in total. The Bertz CT molecular complexity index is 445. The average molecular weight is 266 g/mol. The molecule has 0 aliphatic carbocycles. The van der Waals surface area contributed by atoms with E-state index in [-0.39, 0.29) is 5.82 Å². The molecule has 19 heavy (non-hydrogen) atoms. The second-order valence-electron chi connectivity index (χ2n) is 5.03. The molecule has 2 rings (SSSR count). The topological polar surface area (TPSA) is 43.8 Å². The number of carboxylic acids is 1. The highest BCUT2D eigenvalue weighted by Crippen LogP contribution is 2.13. The van der Waals surface area contributed by atoms with Crippen LogP contribution in [0, 0.1) is 5.82 Å². The predicted molar refractivity (Wildman–Crippen MR) is 70.6 cm³/mol. The standard InChI is InChI=1S/C14H19FN2O2/c1-16-5-7-17(8-6-16)13(14(18)19)10-11-3-2-4-12(15)9-11/h2-4,9,13H,5-8,10H2,1H3,(H,18,19). The lowest BCUT2D eigenvalue weighted by Crippen LogP contribution is -2.52. The van der Waals surface area contributed by atoms with Gasteiger partial charge in [-0.2, -0.15) is 0 Å². The minimum Gasteiger partial charge on any atom is -0.480 e. The van der Waals surface area contributed by atoms with E-state index in [1.165, 1.54) is 12.1 Å². The molecule has 1 fully saturated rings. The lowest BCUT2D eigenvalue weighted by Gasteiger charge is -2.36. The summed E-state index contributed by atoms with van der Waals surface area (Å²) in [4.78, 5) is 15.6. The number of rotatable bonds is 4. The molecule has 1 N–H and O–H groups in total. The number of carboxylic acid groups (broad SMARTS) is 1. The maximum atomic E-state index is 13.1. The summed E-state index contributed by atoms with van der Waals surface area (Å²) in [6, 6.07) is 5.60. The van der Waals surface area contributed by atoms with E-state index < -0.39 is 12.0 Å². The molecule has 1 atom stereocenters. The number of halogens is 1. The van der Waals surface area contributed by atoms with Crippen LogP contribution in [0.25, 0.3) is 0 Å². The van der Waals surface area contributed by atoms with E-state index >= 15 is 0 Å². The number of aliphatic carboxylic acids is 1. The van der Waals surface area contributed by atoms with Crippen LogP contribution in [0.5, 0.6) is 0 Å². The number of hydrogen-bond acceptors (Lipinski definition) is 3. The Morgan fingerprint density at radius 1 is 1.37 bits per heavy atom. The van der Waals surface area contributed by atoms with Gasteiger partial charge in [0.2, 0.25) is 0 Å². The Labute approximate surface area is 112 Å². The molecule has 0 amide bonds. The highest BCUT2D eigenvalue weighted by molar-refractivity contribution is 5.74. The van der Waals surface area contributed by atoms with E-state index in [4.69, 9.17) is 0 Å². The number of carbonyl (C=O) groups is 1. The third-order valence-corrected chi connectivity index (χ3v) is 3.58. The van der Waals surface area contributed by atoms with Gasteiger partial charge in [0.05, 0.1) is 0 Å². The lowest BCUT2D eigenvalue weighted by molar-refractivity contribution is -0.144. The Hall–Kier alpha value is -1.46.